The predicted molar refractivity (Wildman–Crippen MR) is 110 cm³/mol. The number of hydrogen-bond donors (Lipinski definition) is 3. The van der Waals surface area contributed by atoms with E-state index in [1.165, 1.54) is 0 Å². The smallest absolute Gasteiger partial charge is 0.303 e. The molecule has 1 aliphatic heterocycles. The minimum absolute atomic E-state index is 0.0983. The number of fused-ring (bicyclic) bond motifs is 1. The number of H-pyrrole nitrogens is 1. The van der Waals surface area contributed by atoms with Crippen LogP contribution < -0.4 is 0 Å². The Hall–Kier alpha value is -3.12. The summed E-state index contributed by atoms with van der Waals surface area (Å²) in [7, 11) is 0. The molecule has 1 fully saturated rings. The van der Waals surface area contributed by atoms with Crippen LogP contribution in [0, 0.1) is 5.92 Å². The van der Waals surface area contributed by atoms with Crippen LogP contribution in [0.5, 0.6) is 0 Å². The zero-order chi connectivity index (χ0) is 20.4. The fourth-order valence-corrected chi connectivity index (χ4v) is 4.34. The Morgan fingerprint density at radius 1 is 1.07 bits per heavy atom. The van der Waals surface area contributed by atoms with Crippen LogP contribution in [-0.4, -0.2) is 50.7 Å². The third-order valence-corrected chi connectivity index (χ3v) is 5.84. The highest BCUT2D eigenvalue weighted by molar-refractivity contribution is 5.94. The summed E-state index contributed by atoms with van der Waals surface area (Å²) in [6.07, 6.45) is 1.83. The molecule has 6 heteroatoms. The van der Waals surface area contributed by atoms with Gasteiger partial charge < -0.3 is 20.1 Å². The number of benzene rings is 2. The largest absolute Gasteiger partial charge is 0.481 e. The van der Waals surface area contributed by atoms with E-state index in [9.17, 15) is 19.8 Å². The van der Waals surface area contributed by atoms with Gasteiger partial charge >= 0.3 is 5.97 Å². The molecule has 3 N–H and O–H groups in total. The van der Waals surface area contributed by atoms with E-state index in [-0.39, 0.29) is 18.2 Å². The highest BCUT2D eigenvalue weighted by Gasteiger charge is 2.40. The number of nitrogens with one attached hydrogen (secondary N) is 1. The van der Waals surface area contributed by atoms with Gasteiger partial charge in [-0.05, 0) is 42.5 Å². The molecule has 150 valence electrons. The van der Waals surface area contributed by atoms with Gasteiger partial charge in [-0.15, -0.1) is 0 Å². The average Bonchev–Trinajstić information content (AvgIpc) is 3.14. The number of rotatable bonds is 5. The summed E-state index contributed by atoms with van der Waals surface area (Å²) < 4.78 is 0. The number of carboxylic acid groups (broad SMARTS) is 1. The Balaban J connectivity index is 1.66. The number of amides is 1. The van der Waals surface area contributed by atoms with Gasteiger partial charge in [-0.25, -0.2) is 0 Å². The Morgan fingerprint density at radius 3 is 2.55 bits per heavy atom. The molecule has 0 saturated carbocycles. The molecular weight excluding hydrogens is 368 g/mol. The molecule has 4 rings (SSSR count). The van der Waals surface area contributed by atoms with Crippen LogP contribution in [0.4, 0.5) is 0 Å². The van der Waals surface area contributed by atoms with Gasteiger partial charge in [-0.1, -0.05) is 36.4 Å². The summed E-state index contributed by atoms with van der Waals surface area (Å²) in [5, 5.41) is 21.3. The van der Waals surface area contributed by atoms with Crippen LogP contribution in [-0.2, 0) is 11.2 Å². The molecule has 1 saturated heterocycles. The Bertz CT molecular complexity index is 1010. The molecule has 2 aromatic carbocycles. The lowest BCUT2D eigenvalue weighted by Crippen LogP contribution is -2.55. The molecule has 0 bridgehead atoms. The number of aliphatic hydroxyl groups is 1. The Morgan fingerprint density at radius 2 is 1.79 bits per heavy atom. The van der Waals surface area contributed by atoms with E-state index in [2.05, 4.69) is 4.98 Å². The molecule has 1 aromatic heterocycles. The van der Waals surface area contributed by atoms with E-state index < -0.39 is 18.1 Å². The highest BCUT2D eigenvalue weighted by Crippen LogP contribution is 2.31. The van der Waals surface area contributed by atoms with E-state index in [1.807, 2.05) is 48.7 Å². The molecular formula is C23H24N2O4. The molecule has 0 spiro atoms. The van der Waals surface area contributed by atoms with Gasteiger partial charge in [0.25, 0.3) is 5.91 Å². The zero-order valence-electron chi connectivity index (χ0n) is 16.0. The van der Waals surface area contributed by atoms with Crippen molar-refractivity contribution >= 4 is 22.8 Å². The number of carboxylic acids is 1. The van der Waals surface area contributed by atoms with Crippen molar-refractivity contribution in [3.05, 3.63) is 71.9 Å². The monoisotopic (exact) mass is 392 g/mol. The first-order valence-corrected chi connectivity index (χ1v) is 9.85. The van der Waals surface area contributed by atoms with Crippen LogP contribution >= 0.6 is 0 Å². The minimum Gasteiger partial charge on any atom is -0.481 e. The number of aliphatic hydroxyl groups excluding tert-OH is 1. The van der Waals surface area contributed by atoms with Gasteiger partial charge in [-0.2, -0.15) is 0 Å². The molecule has 6 nitrogen and oxygen atoms in total. The van der Waals surface area contributed by atoms with Gasteiger partial charge in [-0.3, -0.25) is 9.59 Å². The minimum atomic E-state index is -0.928. The summed E-state index contributed by atoms with van der Waals surface area (Å²) in [5.41, 5.74) is 2.57. The van der Waals surface area contributed by atoms with Gasteiger partial charge in [0.15, 0.2) is 0 Å². The van der Waals surface area contributed by atoms with Crippen molar-refractivity contribution in [2.75, 3.05) is 6.54 Å². The first-order valence-electron chi connectivity index (χ1n) is 9.85. The topological polar surface area (TPSA) is 93.6 Å². The standard InChI is InChI=1S/C23H24N2O4/c26-21(27)13-16-10-11-25(23(29)15-6-2-1-3-7-15)20(22(16)28)12-17-14-24-19-9-5-4-8-18(17)19/h1-9,14,16,20,22,24,28H,10-13H2,(H,26,27)/t16-,20-,22-/m0/s1. The zero-order valence-corrected chi connectivity index (χ0v) is 16.0. The van der Waals surface area contributed by atoms with E-state index >= 15 is 0 Å². The number of aromatic nitrogens is 1. The maximum Gasteiger partial charge on any atom is 0.303 e. The fraction of sp³-hybridized carbons (Fsp3) is 0.304. The van der Waals surface area contributed by atoms with Gasteiger partial charge in [0.05, 0.1) is 18.6 Å². The van der Waals surface area contributed by atoms with Crippen molar-refractivity contribution < 1.29 is 19.8 Å². The molecule has 1 aliphatic rings. The van der Waals surface area contributed by atoms with Gasteiger partial charge in [0, 0.05) is 29.2 Å². The van der Waals surface area contributed by atoms with E-state index in [1.54, 1.807) is 17.0 Å². The average molecular weight is 392 g/mol. The summed E-state index contributed by atoms with van der Waals surface area (Å²) in [6, 6.07) is 16.4. The number of aliphatic carboxylic acids is 1. The van der Waals surface area contributed by atoms with Gasteiger partial charge in [0.2, 0.25) is 0 Å². The second kappa shape index (κ2) is 8.09. The lowest BCUT2D eigenvalue weighted by atomic mass is 9.82. The summed E-state index contributed by atoms with van der Waals surface area (Å²) in [5.74, 6) is -1.44. The van der Waals surface area contributed by atoms with Crippen molar-refractivity contribution in [2.45, 2.75) is 31.4 Å². The number of hydrogen-bond acceptors (Lipinski definition) is 3. The SMILES string of the molecule is O=C(O)C[C@@H]1CCN(C(=O)c2ccccc2)[C@@H](Cc2c[nH]c3ccccc23)[C@H]1O. The van der Waals surface area contributed by atoms with Crippen molar-refractivity contribution in [3.63, 3.8) is 0 Å². The van der Waals surface area contributed by atoms with E-state index in [4.69, 9.17) is 0 Å². The highest BCUT2D eigenvalue weighted by atomic mass is 16.4. The Kier molecular flexibility index (Phi) is 5.36. The quantitative estimate of drug-likeness (QED) is 0.622. The number of aromatic amines is 1. The summed E-state index contributed by atoms with van der Waals surface area (Å²) >= 11 is 0. The van der Waals surface area contributed by atoms with Crippen LogP contribution in [0.2, 0.25) is 0 Å². The molecule has 3 atom stereocenters. The second-order valence-electron chi connectivity index (χ2n) is 7.63. The third kappa shape index (κ3) is 3.89. The molecule has 29 heavy (non-hydrogen) atoms. The number of likely N-dealkylation sites (tertiary alicyclic amines) is 1. The van der Waals surface area contributed by atoms with Crippen molar-refractivity contribution in [1.82, 2.24) is 9.88 Å². The number of para-hydroxylation sites is 1. The lowest BCUT2D eigenvalue weighted by Gasteiger charge is -2.43. The Labute approximate surface area is 168 Å². The third-order valence-electron chi connectivity index (χ3n) is 5.84. The van der Waals surface area contributed by atoms with Crippen molar-refractivity contribution in [3.8, 4) is 0 Å². The normalized spacial score (nSPS) is 22.0. The molecule has 0 radical (unpaired) electrons. The first-order chi connectivity index (χ1) is 14.0. The number of carbonyl (C=O) groups excluding carboxylic acids is 1. The maximum atomic E-state index is 13.2. The lowest BCUT2D eigenvalue weighted by molar-refractivity contribution is -0.140. The molecule has 2 heterocycles. The van der Waals surface area contributed by atoms with Gasteiger partial charge in [0.1, 0.15) is 0 Å². The molecule has 1 amide bonds. The van der Waals surface area contributed by atoms with Crippen LogP contribution in [0.1, 0.15) is 28.8 Å². The summed E-state index contributed by atoms with van der Waals surface area (Å²) in [4.78, 5) is 29.4. The number of carbonyl (C=O) groups is 2. The van der Waals surface area contributed by atoms with Crippen LogP contribution in [0.3, 0.4) is 0 Å². The number of nitrogens with zero attached hydrogens (tertiary/aromatic N) is 1. The molecule has 0 aliphatic carbocycles. The van der Waals surface area contributed by atoms with Crippen molar-refractivity contribution in [1.29, 1.82) is 0 Å². The maximum absolute atomic E-state index is 13.2. The second-order valence-corrected chi connectivity index (χ2v) is 7.63. The predicted octanol–water partition coefficient (Wildman–Crippen LogP) is 3.08. The van der Waals surface area contributed by atoms with Crippen LogP contribution in [0.25, 0.3) is 10.9 Å². The van der Waals surface area contributed by atoms with Crippen molar-refractivity contribution in [2.24, 2.45) is 5.92 Å². The molecule has 0 unspecified atom stereocenters. The number of piperidine rings is 1. The van der Waals surface area contributed by atoms with Crippen LogP contribution in [0.15, 0.2) is 60.8 Å². The fourth-order valence-electron chi connectivity index (χ4n) is 4.34. The molecule has 3 aromatic rings. The van der Waals surface area contributed by atoms with E-state index in [0.717, 1.165) is 16.5 Å². The van der Waals surface area contributed by atoms with E-state index in [0.29, 0.717) is 24.9 Å². The first kappa shape index (κ1) is 19.2. The summed E-state index contributed by atoms with van der Waals surface area (Å²) in [6.45, 7) is 0.426.